The first-order chi connectivity index (χ1) is 11.7. The quantitative estimate of drug-likeness (QED) is 0.663. The third-order valence-corrected chi connectivity index (χ3v) is 3.22. The molecule has 0 aliphatic rings. The second-order valence-electron chi connectivity index (χ2n) is 6.09. The van der Waals surface area contributed by atoms with Crippen molar-refractivity contribution in [2.75, 3.05) is 61.7 Å². The number of nitrogens with zero attached hydrogens (tertiary/aromatic N) is 10. The van der Waals surface area contributed by atoms with E-state index in [1.165, 1.54) is 0 Å². The van der Waals surface area contributed by atoms with Gasteiger partial charge in [-0.1, -0.05) is 0 Å². The van der Waals surface area contributed by atoms with E-state index in [9.17, 15) is 0 Å². The van der Waals surface area contributed by atoms with Gasteiger partial charge in [-0.2, -0.15) is 29.9 Å². The normalized spacial score (nSPS) is 10.4. The van der Waals surface area contributed by atoms with E-state index in [-0.39, 0.29) is 0 Å². The highest BCUT2D eigenvalue weighted by molar-refractivity contribution is 6.45. The highest BCUT2D eigenvalue weighted by atomic mass is 15.4. The van der Waals surface area contributed by atoms with E-state index in [0.29, 0.717) is 35.4 Å². The molecule has 0 spiro atoms. The second kappa shape index (κ2) is 7.45. The summed E-state index contributed by atoms with van der Waals surface area (Å²) in [4.78, 5) is 33.6. The predicted molar refractivity (Wildman–Crippen MR) is 100 cm³/mol. The Hall–Kier alpha value is -2.72. The highest BCUT2D eigenvalue weighted by Gasteiger charge is 2.17. The molecule has 0 unspecified atom stereocenters. The van der Waals surface area contributed by atoms with Crippen LogP contribution < -0.4 is 19.4 Å². The van der Waals surface area contributed by atoms with Crippen molar-refractivity contribution in [2.24, 2.45) is 0 Å². The summed E-state index contributed by atoms with van der Waals surface area (Å²) in [5.41, 5.74) is 0. The van der Waals surface area contributed by atoms with Gasteiger partial charge in [0.1, 0.15) is 11.6 Å². The molecule has 0 aromatic carbocycles. The van der Waals surface area contributed by atoms with Gasteiger partial charge in [0.15, 0.2) is 0 Å². The molecule has 2 rings (SSSR count). The molecule has 0 aliphatic carbocycles. The SMILES string of the molecule is Cc1nc(N(C)C)nc(N(C)[B]N(C)c2nc(C)nc(N(C)C)n2)n1. The van der Waals surface area contributed by atoms with Gasteiger partial charge in [-0.15, -0.1) is 0 Å². The van der Waals surface area contributed by atoms with Crippen LogP contribution in [0.2, 0.25) is 0 Å². The lowest BCUT2D eigenvalue weighted by Crippen LogP contribution is -2.39. The summed E-state index contributed by atoms with van der Waals surface area (Å²) >= 11 is 0. The van der Waals surface area contributed by atoms with E-state index in [1.54, 1.807) is 9.62 Å². The highest BCUT2D eigenvalue weighted by Crippen LogP contribution is 2.13. The number of aromatic nitrogens is 6. The molecule has 10 nitrogen and oxygen atoms in total. The van der Waals surface area contributed by atoms with Crippen molar-refractivity contribution < 1.29 is 0 Å². The molecule has 0 bridgehead atoms. The van der Waals surface area contributed by atoms with Gasteiger partial charge in [-0.25, -0.2) is 0 Å². The Morgan fingerprint density at radius 2 is 0.840 bits per heavy atom. The second-order valence-corrected chi connectivity index (χ2v) is 6.09. The molecule has 2 aromatic heterocycles. The molecule has 0 saturated carbocycles. The Morgan fingerprint density at radius 3 is 1.16 bits per heavy atom. The van der Waals surface area contributed by atoms with Gasteiger partial charge in [0, 0.05) is 28.2 Å². The van der Waals surface area contributed by atoms with Crippen LogP contribution >= 0.6 is 0 Å². The molecule has 0 N–H and O–H groups in total. The Bertz CT molecular complexity index is 674. The topological polar surface area (TPSA) is 90.3 Å². The lowest BCUT2D eigenvalue weighted by atomic mass is 10.1. The largest absolute Gasteiger partial charge is 0.395 e. The molecule has 0 fully saturated rings. The van der Waals surface area contributed by atoms with Crippen LogP contribution in [-0.4, -0.2) is 79.7 Å². The van der Waals surface area contributed by atoms with Crippen LogP contribution in [0.15, 0.2) is 0 Å². The molecule has 0 saturated heterocycles. The Kier molecular flexibility index (Phi) is 5.55. The maximum atomic E-state index is 4.45. The first-order valence-electron chi connectivity index (χ1n) is 7.78. The zero-order valence-electron chi connectivity index (χ0n) is 16.0. The van der Waals surface area contributed by atoms with Crippen molar-refractivity contribution in [1.82, 2.24) is 29.9 Å². The van der Waals surface area contributed by atoms with E-state index in [0.717, 1.165) is 0 Å². The fraction of sp³-hybridized carbons (Fsp3) is 0.571. The van der Waals surface area contributed by atoms with E-state index in [2.05, 4.69) is 29.9 Å². The predicted octanol–water partition coefficient (Wildman–Crippen LogP) is -0.0878. The maximum Gasteiger partial charge on any atom is 0.395 e. The van der Waals surface area contributed by atoms with Crippen molar-refractivity contribution in [3.8, 4) is 0 Å². The third-order valence-electron chi connectivity index (χ3n) is 3.22. The molecule has 2 heterocycles. The lowest BCUT2D eigenvalue weighted by molar-refractivity contribution is 0.895. The molecule has 1 radical (unpaired) electrons. The number of anilines is 4. The first-order valence-corrected chi connectivity index (χ1v) is 7.78. The number of hydrogen-bond acceptors (Lipinski definition) is 10. The van der Waals surface area contributed by atoms with Gasteiger partial charge in [0.2, 0.25) is 23.8 Å². The summed E-state index contributed by atoms with van der Waals surface area (Å²) in [6.45, 7) is 3.68. The number of hydrogen-bond donors (Lipinski definition) is 0. The monoisotopic (exact) mass is 343 g/mol. The van der Waals surface area contributed by atoms with Crippen LogP contribution in [0.4, 0.5) is 23.8 Å². The van der Waals surface area contributed by atoms with Gasteiger partial charge >= 0.3 is 7.55 Å². The summed E-state index contributed by atoms with van der Waals surface area (Å²) in [6.07, 6.45) is 0. The lowest BCUT2D eigenvalue weighted by Gasteiger charge is -2.24. The molecule has 0 aliphatic heterocycles. The zero-order chi connectivity index (χ0) is 18.7. The molecule has 25 heavy (non-hydrogen) atoms. The van der Waals surface area contributed by atoms with Crippen molar-refractivity contribution in [3.63, 3.8) is 0 Å². The van der Waals surface area contributed by atoms with E-state index in [4.69, 9.17) is 0 Å². The summed E-state index contributed by atoms with van der Waals surface area (Å²) in [6, 6.07) is 0. The summed E-state index contributed by atoms with van der Waals surface area (Å²) < 4.78 is 0. The van der Waals surface area contributed by atoms with Crippen molar-refractivity contribution >= 4 is 31.3 Å². The minimum Gasteiger partial charge on any atom is -0.370 e. The van der Waals surface area contributed by atoms with E-state index >= 15 is 0 Å². The van der Waals surface area contributed by atoms with Gasteiger partial charge in [-0.3, -0.25) is 0 Å². The van der Waals surface area contributed by atoms with Gasteiger partial charge in [-0.05, 0) is 27.9 Å². The Balaban J connectivity index is 2.22. The number of rotatable bonds is 6. The van der Waals surface area contributed by atoms with Crippen LogP contribution in [0.5, 0.6) is 0 Å². The first kappa shape index (κ1) is 18.6. The minimum atomic E-state index is 0.543. The smallest absolute Gasteiger partial charge is 0.370 e. The number of aryl methyl sites for hydroxylation is 2. The zero-order valence-corrected chi connectivity index (χ0v) is 16.0. The van der Waals surface area contributed by atoms with Crippen LogP contribution in [0.3, 0.4) is 0 Å². The summed E-state index contributed by atoms with van der Waals surface area (Å²) in [5, 5.41) is 0. The van der Waals surface area contributed by atoms with Crippen LogP contribution in [0.1, 0.15) is 11.6 Å². The van der Waals surface area contributed by atoms with Crippen LogP contribution in [0.25, 0.3) is 0 Å². The standard InChI is InChI=1S/C14H24BN10/c1-9-16-11(22(3)4)20-13(18-9)24(7)15-25(8)14-19-10(2)17-12(21-14)23(5)6/h1-8H3. The van der Waals surface area contributed by atoms with Crippen LogP contribution in [0, 0.1) is 13.8 Å². The molecular weight excluding hydrogens is 319 g/mol. The van der Waals surface area contributed by atoms with E-state index in [1.807, 2.05) is 73.5 Å². The van der Waals surface area contributed by atoms with Gasteiger partial charge < -0.3 is 19.4 Å². The minimum absolute atomic E-state index is 0.543. The molecule has 11 heteroatoms. The molecular formula is C14H24BN10. The Labute approximate surface area is 149 Å². The summed E-state index contributed by atoms with van der Waals surface area (Å²) in [7, 11) is 13.1. The third kappa shape index (κ3) is 4.64. The van der Waals surface area contributed by atoms with Crippen molar-refractivity contribution in [2.45, 2.75) is 13.8 Å². The van der Waals surface area contributed by atoms with Gasteiger partial charge in [0.25, 0.3) is 0 Å². The Morgan fingerprint density at radius 1 is 0.520 bits per heavy atom. The molecule has 2 aromatic rings. The molecule has 133 valence electrons. The van der Waals surface area contributed by atoms with Gasteiger partial charge in [0.05, 0.1) is 0 Å². The average Bonchev–Trinajstić information content (AvgIpc) is 2.53. The van der Waals surface area contributed by atoms with Crippen molar-refractivity contribution in [1.29, 1.82) is 0 Å². The maximum absolute atomic E-state index is 4.45. The molecule has 0 atom stereocenters. The summed E-state index contributed by atoms with van der Waals surface area (Å²) in [5.74, 6) is 3.61. The fourth-order valence-corrected chi connectivity index (χ4v) is 1.99. The average molecular weight is 343 g/mol. The van der Waals surface area contributed by atoms with Crippen LogP contribution in [-0.2, 0) is 0 Å². The van der Waals surface area contributed by atoms with Crippen molar-refractivity contribution in [3.05, 3.63) is 11.6 Å². The fourth-order valence-electron chi connectivity index (χ4n) is 1.99. The molecule has 0 amide bonds. The van der Waals surface area contributed by atoms with E-state index < -0.39 is 0 Å².